The molecule has 0 atom stereocenters. The van der Waals surface area contributed by atoms with E-state index in [4.69, 9.17) is 0 Å². The highest BCUT2D eigenvalue weighted by atomic mass is 16.1. The van der Waals surface area contributed by atoms with Gasteiger partial charge in [-0.2, -0.15) is 5.10 Å². The number of nitrogens with one attached hydrogen (secondary N) is 1. The third-order valence-electron chi connectivity index (χ3n) is 3.33. The summed E-state index contributed by atoms with van der Waals surface area (Å²) < 4.78 is 1.79. The Kier molecular flexibility index (Phi) is 4.29. The van der Waals surface area contributed by atoms with E-state index >= 15 is 0 Å². The molecule has 0 aliphatic rings. The Labute approximate surface area is 134 Å². The molecule has 3 rings (SSSR count). The summed E-state index contributed by atoms with van der Waals surface area (Å²) >= 11 is 0. The Morgan fingerprint density at radius 3 is 2.70 bits per heavy atom. The van der Waals surface area contributed by atoms with Crippen LogP contribution in [-0.4, -0.2) is 27.2 Å². The first-order valence-corrected chi connectivity index (χ1v) is 7.23. The number of para-hydroxylation sites is 1. The predicted octanol–water partition coefficient (Wildman–Crippen LogP) is 2.85. The van der Waals surface area contributed by atoms with Gasteiger partial charge in [0.15, 0.2) is 0 Å². The molecule has 2 aromatic heterocycles. The van der Waals surface area contributed by atoms with Crippen molar-refractivity contribution in [2.24, 2.45) is 0 Å². The van der Waals surface area contributed by atoms with Crippen molar-refractivity contribution >= 4 is 5.91 Å². The van der Waals surface area contributed by atoms with Gasteiger partial charge in [-0.25, -0.2) is 4.68 Å². The van der Waals surface area contributed by atoms with Gasteiger partial charge in [-0.1, -0.05) is 24.3 Å². The Morgan fingerprint density at radius 1 is 1.17 bits per heavy atom. The second-order valence-electron chi connectivity index (χ2n) is 4.94. The first-order valence-electron chi connectivity index (χ1n) is 7.23. The van der Waals surface area contributed by atoms with Gasteiger partial charge in [0.2, 0.25) is 0 Å². The van der Waals surface area contributed by atoms with Crippen molar-refractivity contribution in [2.45, 2.75) is 0 Å². The Bertz CT molecular complexity index is 807. The van der Waals surface area contributed by atoms with E-state index in [2.05, 4.69) is 22.0 Å². The number of hydrogen-bond acceptors (Lipinski definition) is 3. The molecule has 23 heavy (non-hydrogen) atoms. The fourth-order valence-electron chi connectivity index (χ4n) is 2.14. The molecule has 2 heterocycles. The standard InChI is InChI=1S/C18H16N4O/c1-2-10-19-18(23)14-8-9-17(20-11-14)15-12-21-22(13-15)16-6-4-3-5-7-16/h2-9,11-13H,1,10H2,(H,19,23). The van der Waals surface area contributed by atoms with Crippen molar-refractivity contribution in [3.63, 3.8) is 0 Å². The first kappa shape index (κ1) is 14.7. The molecular formula is C18H16N4O. The molecule has 1 N–H and O–H groups in total. The monoisotopic (exact) mass is 304 g/mol. The maximum Gasteiger partial charge on any atom is 0.253 e. The molecule has 0 fully saturated rings. The molecule has 0 saturated heterocycles. The molecule has 0 bridgehead atoms. The smallest absolute Gasteiger partial charge is 0.253 e. The molecule has 3 aromatic rings. The number of aromatic nitrogens is 3. The first-order chi connectivity index (χ1) is 11.3. The minimum Gasteiger partial charge on any atom is -0.349 e. The fraction of sp³-hybridized carbons (Fsp3) is 0.0556. The van der Waals surface area contributed by atoms with Gasteiger partial charge in [0.25, 0.3) is 5.91 Å². The van der Waals surface area contributed by atoms with Gasteiger partial charge in [0.05, 0.1) is 23.1 Å². The van der Waals surface area contributed by atoms with Crippen LogP contribution < -0.4 is 5.32 Å². The number of benzene rings is 1. The van der Waals surface area contributed by atoms with Crippen LogP contribution in [0.4, 0.5) is 0 Å². The molecule has 0 unspecified atom stereocenters. The van der Waals surface area contributed by atoms with Crippen molar-refractivity contribution in [3.8, 4) is 16.9 Å². The minimum absolute atomic E-state index is 0.163. The highest BCUT2D eigenvalue weighted by Crippen LogP contribution is 2.18. The van der Waals surface area contributed by atoms with Crippen molar-refractivity contribution < 1.29 is 4.79 Å². The van der Waals surface area contributed by atoms with Gasteiger partial charge >= 0.3 is 0 Å². The lowest BCUT2D eigenvalue weighted by molar-refractivity contribution is 0.0957. The SMILES string of the molecule is C=CCNC(=O)c1ccc(-c2cnn(-c3ccccc3)c2)nc1. The zero-order valence-electron chi connectivity index (χ0n) is 12.5. The maximum absolute atomic E-state index is 11.8. The van der Waals surface area contributed by atoms with Crippen molar-refractivity contribution in [1.82, 2.24) is 20.1 Å². The molecule has 114 valence electrons. The fourth-order valence-corrected chi connectivity index (χ4v) is 2.14. The number of carbonyl (C=O) groups is 1. The summed E-state index contributed by atoms with van der Waals surface area (Å²) in [6.45, 7) is 4.00. The van der Waals surface area contributed by atoms with Crippen LogP contribution in [0, 0.1) is 0 Å². The van der Waals surface area contributed by atoms with Gasteiger partial charge in [0.1, 0.15) is 0 Å². The Hall–Kier alpha value is -3.21. The van der Waals surface area contributed by atoms with Crippen LogP contribution in [0.5, 0.6) is 0 Å². The summed E-state index contributed by atoms with van der Waals surface area (Å²) in [4.78, 5) is 16.2. The van der Waals surface area contributed by atoms with Crippen LogP contribution in [0.15, 0.2) is 73.7 Å². The van der Waals surface area contributed by atoms with E-state index in [0.717, 1.165) is 16.9 Å². The summed E-state index contributed by atoms with van der Waals surface area (Å²) in [6, 6.07) is 13.4. The average Bonchev–Trinajstić information content (AvgIpc) is 3.11. The number of hydrogen-bond donors (Lipinski definition) is 1. The molecule has 5 nitrogen and oxygen atoms in total. The molecule has 5 heteroatoms. The quantitative estimate of drug-likeness (QED) is 0.737. The summed E-state index contributed by atoms with van der Waals surface area (Å²) in [5.74, 6) is -0.163. The normalized spacial score (nSPS) is 10.3. The van der Waals surface area contributed by atoms with Crippen molar-refractivity contribution in [2.75, 3.05) is 6.54 Å². The largest absolute Gasteiger partial charge is 0.349 e. The van der Waals surface area contributed by atoms with Crippen LogP contribution in [0.2, 0.25) is 0 Å². The van der Waals surface area contributed by atoms with E-state index in [9.17, 15) is 4.79 Å². The molecule has 0 aliphatic heterocycles. The molecule has 1 aromatic carbocycles. The Morgan fingerprint density at radius 2 is 2.00 bits per heavy atom. The maximum atomic E-state index is 11.8. The summed E-state index contributed by atoms with van der Waals surface area (Å²) in [5.41, 5.74) is 3.17. The topological polar surface area (TPSA) is 59.8 Å². The van der Waals surface area contributed by atoms with Crippen molar-refractivity contribution in [3.05, 3.63) is 79.3 Å². The summed E-state index contributed by atoms with van der Waals surface area (Å²) in [6.07, 6.45) is 6.87. The third-order valence-corrected chi connectivity index (χ3v) is 3.33. The second kappa shape index (κ2) is 6.70. The molecule has 1 amide bonds. The van der Waals surface area contributed by atoms with E-state index in [1.165, 1.54) is 0 Å². The highest BCUT2D eigenvalue weighted by Gasteiger charge is 2.08. The molecule has 0 aliphatic carbocycles. The lowest BCUT2D eigenvalue weighted by Crippen LogP contribution is -2.23. The number of pyridine rings is 1. The van der Waals surface area contributed by atoms with E-state index in [1.807, 2.05) is 42.6 Å². The third kappa shape index (κ3) is 3.35. The van der Waals surface area contributed by atoms with Gasteiger partial charge in [0, 0.05) is 24.5 Å². The summed E-state index contributed by atoms with van der Waals surface area (Å²) in [7, 11) is 0. The number of rotatable bonds is 5. The van der Waals surface area contributed by atoms with Crippen LogP contribution >= 0.6 is 0 Å². The number of nitrogens with zero attached hydrogens (tertiary/aromatic N) is 3. The van der Waals surface area contributed by atoms with E-state index in [-0.39, 0.29) is 5.91 Å². The lowest BCUT2D eigenvalue weighted by atomic mass is 10.2. The zero-order chi connectivity index (χ0) is 16.1. The molecule has 0 saturated carbocycles. The average molecular weight is 304 g/mol. The Balaban J connectivity index is 1.79. The predicted molar refractivity (Wildman–Crippen MR) is 89.3 cm³/mol. The minimum atomic E-state index is -0.163. The van der Waals surface area contributed by atoms with Gasteiger partial charge in [-0.05, 0) is 24.3 Å². The van der Waals surface area contributed by atoms with E-state index in [1.54, 1.807) is 29.2 Å². The molecule has 0 spiro atoms. The molecular weight excluding hydrogens is 288 g/mol. The zero-order valence-corrected chi connectivity index (χ0v) is 12.5. The highest BCUT2D eigenvalue weighted by molar-refractivity contribution is 5.94. The summed E-state index contributed by atoms with van der Waals surface area (Å²) in [5, 5.41) is 7.07. The van der Waals surface area contributed by atoms with E-state index in [0.29, 0.717) is 12.1 Å². The number of carbonyl (C=O) groups excluding carboxylic acids is 1. The van der Waals surface area contributed by atoms with Crippen molar-refractivity contribution in [1.29, 1.82) is 0 Å². The van der Waals surface area contributed by atoms with Crippen LogP contribution in [0.25, 0.3) is 16.9 Å². The lowest BCUT2D eigenvalue weighted by Gasteiger charge is -2.03. The van der Waals surface area contributed by atoms with Gasteiger partial charge in [-0.3, -0.25) is 9.78 Å². The van der Waals surface area contributed by atoms with Crippen LogP contribution in [0.3, 0.4) is 0 Å². The van der Waals surface area contributed by atoms with Gasteiger partial charge < -0.3 is 5.32 Å². The van der Waals surface area contributed by atoms with Crippen LogP contribution in [0.1, 0.15) is 10.4 Å². The van der Waals surface area contributed by atoms with E-state index < -0.39 is 0 Å². The van der Waals surface area contributed by atoms with Gasteiger partial charge in [-0.15, -0.1) is 6.58 Å². The van der Waals surface area contributed by atoms with Crippen LogP contribution in [-0.2, 0) is 0 Å². The molecule has 0 radical (unpaired) electrons. The number of amides is 1. The second-order valence-corrected chi connectivity index (χ2v) is 4.94.